The van der Waals surface area contributed by atoms with Gasteiger partial charge in [-0.2, -0.15) is 0 Å². The number of H-pyrrole nitrogens is 1. The van der Waals surface area contributed by atoms with E-state index in [-0.39, 0.29) is 11.7 Å². The van der Waals surface area contributed by atoms with E-state index in [0.29, 0.717) is 10.6 Å². The number of halogens is 1. The fourth-order valence-electron chi connectivity index (χ4n) is 2.58. The number of carbonyl (C=O) groups excluding carboxylic acids is 1. The second-order valence-corrected chi connectivity index (χ2v) is 6.49. The van der Waals surface area contributed by atoms with Crippen molar-refractivity contribution in [3.63, 3.8) is 0 Å². The zero-order valence-electron chi connectivity index (χ0n) is 12.5. The van der Waals surface area contributed by atoms with Gasteiger partial charge in [0.25, 0.3) is 5.91 Å². The highest BCUT2D eigenvalue weighted by Gasteiger charge is 2.11. The number of hydrogen-bond acceptors (Lipinski definition) is 2. The molecule has 0 aliphatic heterocycles. The van der Waals surface area contributed by atoms with Crippen LogP contribution in [0.25, 0.3) is 21.3 Å². The summed E-state index contributed by atoms with van der Waals surface area (Å²) < 4.78 is 13.2. The van der Waals surface area contributed by atoms with E-state index in [1.807, 2.05) is 30.5 Å². The summed E-state index contributed by atoms with van der Waals surface area (Å²) in [5, 5.41) is 3.85. The minimum absolute atomic E-state index is 0.237. The van der Waals surface area contributed by atoms with Gasteiger partial charge in [0.2, 0.25) is 0 Å². The van der Waals surface area contributed by atoms with Gasteiger partial charge >= 0.3 is 0 Å². The van der Waals surface area contributed by atoms with E-state index in [1.54, 1.807) is 18.2 Å². The van der Waals surface area contributed by atoms with Gasteiger partial charge in [-0.15, -0.1) is 11.3 Å². The van der Waals surface area contributed by atoms with Crippen molar-refractivity contribution >= 4 is 33.8 Å². The molecule has 0 bridgehead atoms. The van der Waals surface area contributed by atoms with Gasteiger partial charge in [0.1, 0.15) is 5.82 Å². The van der Waals surface area contributed by atoms with Crippen molar-refractivity contribution in [1.82, 2.24) is 4.98 Å². The second-order valence-electron chi connectivity index (χ2n) is 5.41. The number of thiophene rings is 1. The largest absolute Gasteiger partial charge is 0.361 e. The highest BCUT2D eigenvalue weighted by molar-refractivity contribution is 7.17. The third-order valence-electron chi connectivity index (χ3n) is 3.75. The Hall–Kier alpha value is -2.92. The SMILES string of the molecule is O=C(Nc1cccc(F)c1)c1ccc(-c2ccc3[nH]ccc3c2)s1. The molecular formula is C19H13FN2OS. The summed E-state index contributed by atoms with van der Waals surface area (Å²) in [6.07, 6.45) is 1.90. The molecule has 0 atom stereocenters. The fourth-order valence-corrected chi connectivity index (χ4v) is 3.48. The fraction of sp³-hybridized carbons (Fsp3) is 0. The Kier molecular flexibility index (Phi) is 3.63. The average molecular weight is 336 g/mol. The molecule has 0 saturated carbocycles. The lowest BCUT2D eigenvalue weighted by atomic mass is 10.1. The molecule has 3 nitrogen and oxygen atoms in total. The molecule has 4 aromatic rings. The quantitative estimate of drug-likeness (QED) is 0.525. The van der Waals surface area contributed by atoms with E-state index in [1.165, 1.54) is 23.5 Å². The Morgan fingerprint density at radius 2 is 1.96 bits per heavy atom. The average Bonchev–Trinajstić information content (AvgIpc) is 3.23. The molecular weight excluding hydrogens is 323 g/mol. The molecule has 2 aromatic heterocycles. The lowest BCUT2D eigenvalue weighted by Gasteiger charge is -2.03. The van der Waals surface area contributed by atoms with Crippen molar-refractivity contribution in [1.29, 1.82) is 0 Å². The zero-order chi connectivity index (χ0) is 16.5. The highest BCUT2D eigenvalue weighted by Crippen LogP contribution is 2.30. The number of fused-ring (bicyclic) bond motifs is 1. The smallest absolute Gasteiger partial charge is 0.265 e. The minimum Gasteiger partial charge on any atom is -0.361 e. The predicted molar refractivity (Wildman–Crippen MR) is 96.0 cm³/mol. The van der Waals surface area contributed by atoms with E-state index < -0.39 is 0 Å². The van der Waals surface area contributed by atoms with Gasteiger partial charge in [-0.3, -0.25) is 4.79 Å². The number of aromatic amines is 1. The number of benzene rings is 2. The molecule has 0 radical (unpaired) electrons. The Labute approximate surface area is 141 Å². The van der Waals surface area contributed by atoms with Gasteiger partial charge in [-0.05, 0) is 59.5 Å². The minimum atomic E-state index is -0.375. The Morgan fingerprint density at radius 1 is 1.04 bits per heavy atom. The molecule has 0 spiro atoms. The number of aromatic nitrogens is 1. The summed E-state index contributed by atoms with van der Waals surface area (Å²) in [7, 11) is 0. The van der Waals surface area contributed by atoms with Gasteiger partial charge in [0.15, 0.2) is 0 Å². The summed E-state index contributed by atoms with van der Waals surface area (Å²) in [5.41, 5.74) is 2.60. The van der Waals surface area contributed by atoms with Crippen LogP contribution in [0, 0.1) is 5.82 Å². The third-order valence-corrected chi connectivity index (χ3v) is 4.88. The first kappa shape index (κ1) is 14.7. The lowest BCUT2D eigenvalue weighted by Crippen LogP contribution is -2.09. The molecule has 0 aliphatic carbocycles. The van der Waals surface area contributed by atoms with E-state index in [4.69, 9.17) is 0 Å². The number of amides is 1. The molecule has 5 heteroatoms. The van der Waals surface area contributed by atoms with Gasteiger partial charge in [-0.1, -0.05) is 12.1 Å². The molecule has 0 fully saturated rings. The summed E-state index contributed by atoms with van der Waals surface area (Å²) in [6, 6.07) is 17.7. The van der Waals surface area contributed by atoms with Crippen LogP contribution in [-0.4, -0.2) is 10.9 Å². The van der Waals surface area contributed by atoms with Gasteiger partial charge < -0.3 is 10.3 Å². The Morgan fingerprint density at radius 3 is 2.83 bits per heavy atom. The summed E-state index contributed by atoms with van der Waals surface area (Å²) >= 11 is 1.41. The second kappa shape index (κ2) is 5.94. The van der Waals surface area contributed by atoms with Crippen LogP contribution in [0.4, 0.5) is 10.1 Å². The molecule has 0 unspecified atom stereocenters. The zero-order valence-corrected chi connectivity index (χ0v) is 13.4. The predicted octanol–water partition coefficient (Wildman–Crippen LogP) is 5.29. The molecule has 2 N–H and O–H groups in total. The molecule has 2 aromatic carbocycles. The van der Waals surface area contributed by atoms with E-state index >= 15 is 0 Å². The van der Waals surface area contributed by atoms with Crippen LogP contribution in [0.3, 0.4) is 0 Å². The molecule has 24 heavy (non-hydrogen) atoms. The van der Waals surface area contributed by atoms with Crippen molar-refractivity contribution in [3.05, 3.63) is 77.6 Å². The topological polar surface area (TPSA) is 44.9 Å². The number of rotatable bonds is 3. The first-order valence-electron chi connectivity index (χ1n) is 7.43. The van der Waals surface area contributed by atoms with E-state index in [2.05, 4.69) is 16.4 Å². The lowest BCUT2D eigenvalue weighted by molar-refractivity contribution is 0.103. The van der Waals surface area contributed by atoms with Crippen LogP contribution in [0.5, 0.6) is 0 Å². The molecule has 118 valence electrons. The number of hydrogen-bond donors (Lipinski definition) is 2. The van der Waals surface area contributed by atoms with Gasteiger partial charge in [0, 0.05) is 22.3 Å². The molecule has 0 aliphatic rings. The van der Waals surface area contributed by atoms with Crippen molar-refractivity contribution in [2.75, 3.05) is 5.32 Å². The van der Waals surface area contributed by atoms with Gasteiger partial charge in [-0.25, -0.2) is 4.39 Å². The Balaban J connectivity index is 1.58. The first-order chi connectivity index (χ1) is 11.7. The number of anilines is 1. The molecule has 0 saturated heterocycles. The molecule has 4 rings (SSSR count). The van der Waals surface area contributed by atoms with Crippen molar-refractivity contribution in [2.45, 2.75) is 0 Å². The van der Waals surface area contributed by atoms with Crippen LogP contribution >= 0.6 is 11.3 Å². The number of nitrogens with one attached hydrogen (secondary N) is 2. The summed E-state index contributed by atoms with van der Waals surface area (Å²) in [5.74, 6) is -0.612. The maximum atomic E-state index is 13.2. The maximum absolute atomic E-state index is 13.2. The van der Waals surface area contributed by atoms with Crippen LogP contribution in [0.1, 0.15) is 9.67 Å². The highest BCUT2D eigenvalue weighted by atomic mass is 32.1. The van der Waals surface area contributed by atoms with Crippen molar-refractivity contribution < 1.29 is 9.18 Å². The standard InChI is InChI=1S/C19H13FN2OS/c20-14-2-1-3-15(11-14)22-19(23)18-7-6-17(24-18)13-4-5-16-12(10-13)8-9-21-16/h1-11,21H,(H,22,23). The maximum Gasteiger partial charge on any atom is 0.265 e. The van der Waals surface area contributed by atoms with Crippen LogP contribution in [-0.2, 0) is 0 Å². The molecule has 2 heterocycles. The monoisotopic (exact) mass is 336 g/mol. The first-order valence-corrected chi connectivity index (χ1v) is 8.25. The summed E-state index contributed by atoms with van der Waals surface area (Å²) in [6.45, 7) is 0. The summed E-state index contributed by atoms with van der Waals surface area (Å²) in [4.78, 5) is 17.1. The van der Waals surface area contributed by atoms with Crippen molar-refractivity contribution in [2.24, 2.45) is 0 Å². The normalized spacial score (nSPS) is 10.9. The van der Waals surface area contributed by atoms with E-state index in [0.717, 1.165) is 21.3 Å². The van der Waals surface area contributed by atoms with Crippen LogP contribution < -0.4 is 5.32 Å². The van der Waals surface area contributed by atoms with E-state index in [9.17, 15) is 9.18 Å². The van der Waals surface area contributed by atoms with Crippen molar-refractivity contribution in [3.8, 4) is 10.4 Å². The van der Waals surface area contributed by atoms with Crippen LogP contribution in [0.15, 0.2) is 66.9 Å². The number of carbonyl (C=O) groups is 1. The third kappa shape index (κ3) is 2.81. The Bertz CT molecular complexity index is 1030. The van der Waals surface area contributed by atoms with Crippen LogP contribution in [0.2, 0.25) is 0 Å². The molecule has 1 amide bonds. The van der Waals surface area contributed by atoms with Gasteiger partial charge in [0.05, 0.1) is 4.88 Å².